The highest BCUT2D eigenvalue weighted by Gasteiger charge is 2.17. The third-order valence-electron chi connectivity index (χ3n) is 1.54. The molecule has 0 unspecified atom stereocenters. The molecule has 0 aromatic heterocycles. The molecule has 0 atom stereocenters. The van der Waals surface area contributed by atoms with E-state index in [1.165, 1.54) is 7.11 Å². The van der Waals surface area contributed by atoms with Crippen molar-refractivity contribution in [1.29, 1.82) is 0 Å². The van der Waals surface area contributed by atoms with Gasteiger partial charge in [0.25, 0.3) is 0 Å². The summed E-state index contributed by atoms with van der Waals surface area (Å²) in [6.07, 6.45) is -0.0585. The van der Waals surface area contributed by atoms with Crippen molar-refractivity contribution in [2.45, 2.75) is 25.5 Å². The average molecular weight is 194 g/mol. The fourth-order valence-corrected chi connectivity index (χ4v) is 1.49. The summed E-state index contributed by atoms with van der Waals surface area (Å²) < 4.78 is 26.6. The Morgan fingerprint density at radius 1 is 1.42 bits per heavy atom. The summed E-state index contributed by atoms with van der Waals surface area (Å²) in [5, 5.41) is -0.429. The summed E-state index contributed by atoms with van der Waals surface area (Å²) in [6.45, 7) is 3.18. The zero-order chi connectivity index (χ0) is 9.78. The molecule has 0 saturated heterocycles. The van der Waals surface area contributed by atoms with E-state index >= 15 is 0 Å². The molecule has 0 aromatic rings. The second-order valence-electron chi connectivity index (χ2n) is 2.74. The molecule has 0 bridgehead atoms. The molecule has 0 heterocycles. The summed E-state index contributed by atoms with van der Waals surface area (Å²) in [6, 6.07) is 0. The highest BCUT2D eigenvalue weighted by atomic mass is 32.2. The van der Waals surface area contributed by atoms with Crippen molar-refractivity contribution in [3.63, 3.8) is 0 Å². The van der Waals surface area contributed by atoms with Crippen molar-refractivity contribution in [2.24, 2.45) is 0 Å². The van der Waals surface area contributed by atoms with Crippen molar-refractivity contribution in [1.82, 2.24) is 0 Å². The third kappa shape index (κ3) is 3.71. The van der Waals surface area contributed by atoms with Crippen molar-refractivity contribution < 1.29 is 17.9 Å². The van der Waals surface area contributed by atoms with Gasteiger partial charge in [-0.05, 0) is 13.8 Å². The maximum absolute atomic E-state index is 11.1. The lowest BCUT2D eigenvalue weighted by molar-refractivity contribution is -0.140. The topological polar surface area (TPSA) is 60.4 Å². The first-order valence-corrected chi connectivity index (χ1v) is 5.40. The lowest BCUT2D eigenvalue weighted by Crippen LogP contribution is -2.20. The van der Waals surface area contributed by atoms with E-state index in [0.29, 0.717) is 0 Å². The molecule has 0 amide bonds. The molecule has 12 heavy (non-hydrogen) atoms. The quantitative estimate of drug-likeness (QED) is 0.607. The predicted octanol–water partition coefficient (Wildman–Crippen LogP) is 0.373. The van der Waals surface area contributed by atoms with Crippen molar-refractivity contribution >= 4 is 15.8 Å². The maximum Gasteiger partial charge on any atom is 0.306 e. The van der Waals surface area contributed by atoms with E-state index < -0.39 is 21.1 Å². The van der Waals surface area contributed by atoms with Gasteiger partial charge >= 0.3 is 5.97 Å². The van der Waals surface area contributed by atoms with Gasteiger partial charge in [-0.15, -0.1) is 0 Å². The van der Waals surface area contributed by atoms with Crippen molar-refractivity contribution in [3.8, 4) is 0 Å². The van der Waals surface area contributed by atoms with Gasteiger partial charge in [-0.3, -0.25) is 4.79 Å². The molecule has 0 N–H and O–H groups in total. The minimum absolute atomic E-state index is 0.0585. The first kappa shape index (κ1) is 11.4. The molecule has 5 heteroatoms. The molecule has 0 spiro atoms. The summed E-state index contributed by atoms with van der Waals surface area (Å²) in [4.78, 5) is 10.6. The largest absolute Gasteiger partial charge is 0.469 e. The number of esters is 1. The Bertz CT molecular complexity index is 240. The highest BCUT2D eigenvalue weighted by molar-refractivity contribution is 7.91. The monoisotopic (exact) mass is 194 g/mol. The van der Waals surface area contributed by atoms with Crippen LogP contribution in [-0.2, 0) is 19.4 Å². The second-order valence-corrected chi connectivity index (χ2v) is 5.42. The number of rotatable bonds is 4. The molecule has 0 aliphatic heterocycles. The van der Waals surface area contributed by atoms with Gasteiger partial charge in [0.1, 0.15) is 0 Å². The highest BCUT2D eigenvalue weighted by Crippen LogP contribution is 2.02. The Morgan fingerprint density at radius 2 is 1.92 bits per heavy atom. The molecule has 0 aromatic carbocycles. The fourth-order valence-electron chi connectivity index (χ4n) is 0.563. The Labute approximate surface area is 72.8 Å². The van der Waals surface area contributed by atoms with Gasteiger partial charge in [0.05, 0.1) is 24.5 Å². The summed E-state index contributed by atoms with van der Waals surface area (Å²) in [5.41, 5.74) is 0. The Hall–Kier alpha value is -0.580. The normalized spacial score (nSPS) is 11.7. The van der Waals surface area contributed by atoms with Crippen LogP contribution in [-0.4, -0.2) is 32.5 Å². The van der Waals surface area contributed by atoms with Crippen LogP contribution >= 0.6 is 0 Å². The van der Waals surface area contributed by atoms with Crippen LogP contribution in [0.5, 0.6) is 0 Å². The third-order valence-corrected chi connectivity index (χ3v) is 3.75. The van der Waals surface area contributed by atoms with E-state index in [1.807, 2.05) is 0 Å². The van der Waals surface area contributed by atoms with Crippen molar-refractivity contribution in [3.05, 3.63) is 0 Å². The molecule has 0 fully saturated rings. The molecule has 72 valence electrons. The lowest BCUT2D eigenvalue weighted by atomic mass is 10.5. The first-order valence-electron chi connectivity index (χ1n) is 3.68. The molecule has 0 aliphatic rings. The van der Waals surface area contributed by atoms with Crippen LogP contribution in [0.25, 0.3) is 0 Å². The van der Waals surface area contributed by atoms with Crippen LogP contribution in [0.3, 0.4) is 0 Å². The van der Waals surface area contributed by atoms with Gasteiger partial charge in [0.15, 0.2) is 9.84 Å². The van der Waals surface area contributed by atoms with E-state index in [4.69, 9.17) is 0 Å². The summed E-state index contributed by atoms with van der Waals surface area (Å²) in [7, 11) is -1.86. The minimum Gasteiger partial charge on any atom is -0.469 e. The molecule has 4 nitrogen and oxygen atoms in total. The SMILES string of the molecule is COC(=O)CCS(=O)(=O)C(C)C. The average Bonchev–Trinajstić information content (AvgIpc) is 2.00. The van der Waals surface area contributed by atoms with E-state index in [0.717, 1.165) is 0 Å². The van der Waals surface area contributed by atoms with Gasteiger partial charge in [-0.1, -0.05) is 0 Å². The van der Waals surface area contributed by atoms with E-state index in [1.54, 1.807) is 13.8 Å². The van der Waals surface area contributed by atoms with Gasteiger partial charge in [-0.25, -0.2) is 8.42 Å². The van der Waals surface area contributed by atoms with Crippen LogP contribution in [0, 0.1) is 0 Å². The van der Waals surface area contributed by atoms with Crippen LogP contribution < -0.4 is 0 Å². The molecule has 0 aliphatic carbocycles. The van der Waals surface area contributed by atoms with Gasteiger partial charge in [0.2, 0.25) is 0 Å². The number of sulfone groups is 1. The van der Waals surface area contributed by atoms with Crippen LogP contribution in [0.4, 0.5) is 0 Å². The predicted molar refractivity (Wildman–Crippen MR) is 45.6 cm³/mol. The molecule has 0 saturated carbocycles. The van der Waals surface area contributed by atoms with Crippen molar-refractivity contribution in [2.75, 3.05) is 12.9 Å². The maximum atomic E-state index is 11.1. The molecular weight excluding hydrogens is 180 g/mol. The van der Waals surface area contributed by atoms with Crippen LogP contribution in [0.1, 0.15) is 20.3 Å². The zero-order valence-electron chi connectivity index (χ0n) is 7.53. The van der Waals surface area contributed by atoms with Gasteiger partial charge < -0.3 is 4.74 Å². The molecular formula is C7H14O4S. The molecule has 0 rings (SSSR count). The number of carbonyl (C=O) groups excluding carboxylic acids is 1. The molecule has 0 radical (unpaired) electrons. The lowest BCUT2D eigenvalue weighted by Gasteiger charge is -2.05. The number of hydrogen-bond donors (Lipinski definition) is 0. The fraction of sp³-hybridized carbons (Fsp3) is 0.857. The van der Waals surface area contributed by atoms with Crippen LogP contribution in [0.15, 0.2) is 0 Å². The Kier molecular flexibility index (Phi) is 4.23. The number of methoxy groups -OCH3 is 1. The van der Waals surface area contributed by atoms with Gasteiger partial charge in [-0.2, -0.15) is 0 Å². The summed E-state index contributed by atoms with van der Waals surface area (Å²) in [5.74, 6) is -0.614. The standard InChI is InChI=1S/C7H14O4S/c1-6(2)12(9,10)5-4-7(8)11-3/h6H,4-5H2,1-3H3. The van der Waals surface area contributed by atoms with E-state index in [-0.39, 0.29) is 12.2 Å². The zero-order valence-corrected chi connectivity index (χ0v) is 8.35. The number of hydrogen-bond acceptors (Lipinski definition) is 4. The van der Waals surface area contributed by atoms with E-state index in [9.17, 15) is 13.2 Å². The second kappa shape index (κ2) is 4.45. The van der Waals surface area contributed by atoms with Gasteiger partial charge in [0, 0.05) is 0 Å². The van der Waals surface area contributed by atoms with E-state index in [2.05, 4.69) is 4.74 Å². The summed E-state index contributed by atoms with van der Waals surface area (Å²) >= 11 is 0. The minimum atomic E-state index is -3.10. The van der Waals surface area contributed by atoms with Crippen LogP contribution in [0.2, 0.25) is 0 Å². The Balaban J connectivity index is 4.02. The number of ether oxygens (including phenoxy) is 1. The smallest absolute Gasteiger partial charge is 0.306 e. The first-order chi connectivity index (χ1) is 5.40. The Morgan fingerprint density at radius 3 is 2.25 bits per heavy atom. The number of carbonyl (C=O) groups is 1.